The lowest BCUT2D eigenvalue weighted by atomic mass is 10.2. The van der Waals surface area contributed by atoms with Gasteiger partial charge in [0.2, 0.25) is 5.91 Å². The maximum atomic E-state index is 12.0. The van der Waals surface area contributed by atoms with Gasteiger partial charge in [0.25, 0.3) is 0 Å². The number of aryl methyl sites for hydroxylation is 2. The molecule has 0 spiro atoms. The van der Waals surface area contributed by atoms with Gasteiger partial charge in [-0.25, -0.2) is 0 Å². The third-order valence-electron chi connectivity index (χ3n) is 2.98. The van der Waals surface area contributed by atoms with E-state index in [0.717, 1.165) is 22.7 Å². The highest BCUT2D eigenvalue weighted by atomic mass is 16.5. The molecule has 0 saturated heterocycles. The standard InChI is InChI=1S/C15H19N3O2/c1-10-4-6-13(7-5-10)17-15(19)12(3)16-9-14-8-11(2)20-18-14/h4-8,12,16H,9H2,1-3H3,(H,17,19). The highest BCUT2D eigenvalue weighted by Crippen LogP contribution is 2.09. The van der Waals surface area contributed by atoms with Crippen LogP contribution in [0.25, 0.3) is 0 Å². The Morgan fingerprint density at radius 1 is 1.30 bits per heavy atom. The molecule has 1 amide bonds. The number of hydrogen-bond donors (Lipinski definition) is 2. The molecule has 2 N–H and O–H groups in total. The number of anilines is 1. The second-order valence-electron chi connectivity index (χ2n) is 4.89. The van der Waals surface area contributed by atoms with Gasteiger partial charge in [0.1, 0.15) is 5.76 Å². The Kier molecular flexibility index (Phi) is 4.53. The van der Waals surface area contributed by atoms with Crippen LogP contribution in [0.2, 0.25) is 0 Å². The fraction of sp³-hybridized carbons (Fsp3) is 0.333. The first-order valence-electron chi connectivity index (χ1n) is 6.57. The third-order valence-corrected chi connectivity index (χ3v) is 2.98. The van der Waals surface area contributed by atoms with E-state index in [4.69, 9.17) is 4.52 Å². The molecule has 0 radical (unpaired) electrons. The number of carbonyl (C=O) groups excluding carboxylic acids is 1. The van der Waals surface area contributed by atoms with E-state index in [2.05, 4.69) is 15.8 Å². The SMILES string of the molecule is Cc1ccc(NC(=O)C(C)NCc2cc(C)on2)cc1. The van der Waals surface area contributed by atoms with Crippen molar-refractivity contribution >= 4 is 11.6 Å². The summed E-state index contributed by atoms with van der Waals surface area (Å²) in [6.07, 6.45) is 0. The quantitative estimate of drug-likeness (QED) is 0.878. The number of nitrogens with one attached hydrogen (secondary N) is 2. The van der Waals surface area contributed by atoms with Crippen molar-refractivity contribution < 1.29 is 9.32 Å². The molecule has 0 saturated carbocycles. The molecule has 0 fully saturated rings. The summed E-state index contributed by atoms with van der Waals surface area (Å²) in [5, 5.41) is 9.85. The largest absolute Gasteiger partial charge is 0.361 e. The molecule has 106 valence electrons. The minimum absolute atomic E-state index is 0.0749. The highest BCUT2D eigenvalue weighted by Gasteiger charge is 2.13. The van der Waals surface area contributed by atoms with Crippen LogP contribution in [-0.2, 0) is 11.3 Å². The van der Waals surface area contributed by atoms with E-state index in [1.165, 1.54) is 0 Å². The van der Waals surface area contributed by atoms with Crippen molar-refractivity contribution in [2.75, 3.05) is 5.32 Å². The Labute approximate surface area is 118 Å². The molecule has 20 heavy (non-hydrogen) atoms. The van der Waals surface area contributed by atoms with Gasteiger partial charge in [-0.1, -0.05) is 22.9 Å². The zero-order valence-electron chi connectivity index (χ0n) is 11.9. The normalized spacial score (nSPS) is 12.2. The van der Waals surface area contributed by atoms with Gasteiger partial charge in [0.15, 0.2) is 0 Å². The number of hydrogen-bond acceptors (Lipinski definition) is 4. The molecular weight excluding hydrogens is 254 g/mol. The zero-order valence-corrected chi connectivity index (χ0v) is 11.9. The van der Waals surface area contributed by atoms with E-state index >= 15 is 0 Å². The Balaban J connectivity index is 1.84. The lowest BCUT2D eigenvalue weighted by Crippen LogP contribution is -2.37. The summed E-state index contributed by atoms with van der Waals surface area (Å²) in [7, 11) is 0. The van der Waals surface area contributed by atoms with Crippen LogP contribution in [0.4, 0.5) is 5.69 Å². The molecule has 1 unspecified atom stereocenters. The fourth-order valence-electron chi connectivity index (χ4n) is 1.74. The molecule has 2 rings (SSSR count). The Morgan fingerprint density at radius 2 is 2.00 bits per heavy atom. The van der Waals surface area contributed by atoms with Crippen molar-refractivity contribution in [2.24, 2.45) is 0 Å². The molecule has 1 aromatic heterocycles. The number of aromatic nitrogens is 1. The van der Waals surface area contributed by atoms with Gasteiger partial charge in [-0.3, -0.25) is 4.79 Å². The fourth-order valence-corrected chi connectivity index (χ4v) is 1.74. The van der Waals surface area contributed by atoms with Gasteiger partial charge in [-0.2, -0.15) is 0 Å². The number of carbonyl (C=O) groups is 1. The molecule has 0 aliphatic carbocycles. The zero-order chi connectivity index (χ0) is 14.5. The first-order chi connectivity index (χ1) is 9.54. The highest BCUT2D eigenvalue weighted by molar-refractivity contribution is 5.94. The van der Waals surface area contributed by atoms with Crippen molar-refractivity contribution in [3.63, 3.8) is 0 Å². The van der Waals surface area contributed by atoms with E-state index in [1.807, 2.05) is 51.1 Å². The van der Waals surface area contributed by atoms with Crippen LogP contribution in [-0.4, -0.2) is 17.1 Å². The molecule has 5 nitrogen and oxygen atoms in total. The monoisotopic (exact) mass is 273 g/mol. The third kappa shape index (κ3) is 3.93. The molecule has 1 aromatic carbocycles. The average Bonchev–Trinajstić information content (AvgIpc) is 2.84. The number of benzene rings is 1. The van der Waals surface area contributed by atoms with E-state index in [0.29, 0.717) is 6.54 Å². The van der Waals surface area contributed by atoms with E-state index in [-0.39, 0.29) is 11.9 Å². The van der Waals surface area contributed by atoms with Gasteiger partial charge in [0.05, 0.1) is 11.7 Å². The number of rotatable bonds is 5. The van der Waals surface area contributed by atoms with Crippen LogP contribution in [0.5, 0.6) is 0 Å². The van der Waals surface area contributed by atoms with Gasteiger partial charge < -0.3 is 15.2 Å². The summed E-state index contributed by atoms with van der Waals surface area (Å²) < 4.78 is 4.97. The van der Waals surface area contributed by atoms with Crippen LogP contribution < -0.4 is 10.6 Å². The minimum atomic E-state index is -0.312. The van der Waals surface area contributed by atoms with Gasteiger partial charge in [-0.05, 0) is 32.9 Å². The molecule has 1 atom stereocenters. The predicted octanol–water partition coefficient (Wildman–Crippen LogP) is 2.41. The number of amides is 1. The first-order valence-corrected chi connectivity index (χ1v) is 6.57. The molecule has 1 heterocycles. The van der Waals surface area contributed by atoms with Gasteiger partial charge in [-0.15, -0.1) is 0 Å². The summed E-state index contributed by atoms with van der Waals surface area (Å²) in [6.45, 7) is 6.16. The molecule has 2 aromatic rings. The molecule has 0 aliphatic heterocycles. The van der Waals surface area contributed by atoms with Crippen LogP contribution in [0, 0.1) is 13.8 Å². The summed E-state index contributed by atoms with van der Waals surface area (Å²) >= 11 is 0. The lowest BCUT2D eigenvalue weighted by molar-refractivity contribution is -0.117. The molecule has 5 heteroatoms. The van der Waals surface area contributed by atoms with E-state index in [9.17, 15) is 4.79 Å². The summed E-state index contributed by atoms with van der Waals surface area (Å²) in [4.78, 5) is 12.0. The smallest absolute Gasteiger partial charge is 0.241 e. The lowest BCUT2D eigenvalue weighted by Gasteiger charge is -2.13. The second kappa shape index (κ2) is 6.34. The van der Waals surface area contributed by atoms with E-state index < -0.39 is 0 Å². The number of nitrogens with zero attached hydrogens (tertiary/aromatic N) is 1. The van der Waals surface area contributed by atoms with Crippen molar-refractivity contribution in [3.05, 3.63) is 47.3 Å². The van der Waals surface area contributed by atoms with Crippen molar-refractivity contribution in [2.45, 2.75) is 33.4 Å². The maximum Gasteiger partial charge on any atom is 0.241 e. The molecular formula is C15H19N3O2. The van der Waals surface area contributed by atoms with Crippen molar-refractivity contribution in [1.82, 2.24) is 10.5 Å². The van der Waals surface area contributed by atoms with E-state index in [1.54, 1.807) is 0 Å². The molecule has 0 bridgehead atoms. The predicted molar refractivity (Wildman–Crippen MR) is 77.4 cm³/mol. The second-order valence-corrected chi connectivity index (χ2v) is 4.89. The Hall–Kier alpha value is -2.14. The topological polar surface area (TPSA) is 67.2 Å². The van der Waals surface area contributed by atoms with Gasteiger partial charge >= 0.3 is 0 Å². The first kappa shape index (κ1) is 14.3. The van der Waals surface area contributed by atoms with Crippen LogP contribution >= 0.6 is 0 Å². The molecule has 0 aliphatic rings. The Bertz CT molecular complexity index is 575. The summed E-state index contributed by atoms with van der Waals surface area (Å²) in [6, 6.07) is 9.24. The van der Waals surface area contributed by atoms with Crippen molar-refractivity contribution in [1.29, 1.82) is 0 Å². The van der Waals surface area contributed by atoms with Crippen LogP contribution in [0.15, 0.2) is 34.9 Å². The average molecular weight is 273 g/mol. The summed E-state index contributed by atoms with van der Waals surface area (Å²) in [5.74, 6) is 0.688. The summed E-state index contributed by atoms with van der Waals surface area (Å²) in [5.41, 5.74) is 2.75. The van der Waals surface area contributed by atoms with Crippen molar-refractivity contribution in [3.8, 4) is 0 Å². The van der Waals surface area contributed by atoms with Crippen LogP contribution in [0.3, 0.4) is 0 Å². The Morgan fingerprint density at radius 3 is 2.60 bits per heavy atom. The minimum Gasteiger partial charge on any atom is -0.361 e. The van der Waals surface area contributed by atoms with Crippen LogP contribution in [0.1, 0.15) is 23.9 Å². The van der Waals surface area contributed by atoms with Gasteiger partial charge in [0, 0.05) is 18.3 Å². The maximum absolute atomic E-state index is 12.0.